The number of rotatable bonds is 4. The minimum absolute atomic E-state index is 0.0938. The van der Waals surface area contributed by atoms with Crippen molar-refractivity contribution in [1.29, 1.82) is 0 Å². The Morgan fingerprint density at radius 3 is 2.25 bits per heavy atom. The van der Waals surface area contributed by atoms with Gasteiger partial charge in [0.15, 0.2) is 0 Å². The molecule has 0 radical (unpaired) electrons. The van der Waals surface area contributed by atoms with Gasteiger partial charge in [-0.05, 0) is 27.2 Å². The molecule has 5 heteroatoms. The molecule has 0 aliphatic heterocycles. The predicted molar refractivity (Wildman–Crippen MR) is 47.6 cm³/mol. The van der Waals surface area contributed by atoms with E-state index in [1.807, 2.05) is 0 Å². The maximum atomic E-state index is 12.2. The quantitative estimate of drug-likeness (QED) is 0.714. The Balaban J connectivity index is 4.34. The van der Waals surface area contributed by atoms with Crippen LogP contribution in [0, 0.1) is 0 Å². The third-order valence-corrected chi connectivity index (χ3v) is 2.05. The average Bonchev–Trinajstić information content (AvgIpc) is 1.85. The van der Waals surface area contributed by atoms with E-state index in [0.29, 0.717) is 0 Å². The van der Waals surface area contributed by atoms with Gasteiger partial charge in [0.1, 0.15) is 5.54 Å². The number of carboxylic acids is 1. The number of aliphatic carboxylic acids is 1. The van der Waals surface area contributed by atoms with Crippen LogP contribution >= 0.6 is 12.1 Å². The maximum absolute atomic E-state index is 12.2. The molecule has 1 atom stereocenters. The molecule has 0 aliphatic rings. The normalized spacial score (nSPS) is 17.1. The Morgan fingerprint density at radius 2 is 2.00 bits per heavy atom. The van der Waals surface area contributed by atoms with Gasteiger partial charge < -0.3 is 10.8 Å². The van der Waals surface area contributed by atoms with E-state index in [0.717, 1.165) is 0 Å². The Hall–Kier alpha value is -0.290. The molecule has 3 nitrogen and oxygen atoms in total. The summed E-state index contributed by atoms with van der Waals surface area (Å²) in [5.74, 6) is -1.11. The molecule has 0 aromatic rings. The summed E-state index contributed by atoms with van der Waals surface area (Å²) in [6.07, 6.45) is 0.0938. The summed E-state index contributed by atoms with van der Waals surface area (Å²) in [5.41, 5.74) is 4.08. The first-order valence-electron chi connectivity index (χ1n) is 3.53. The first-order chi connectivity index (χ1) is 5.21. The summed E-state index contributed by atoms with van der Waals surface area (Å²) in [6.45, 7) is 4.62. The largest absolute Gasteiger partial charge is 0.480 e. The molecule has 0 aromatic heterocycles. The number of halogens is 1. The number of nitrogens with two attached hydrogens (primary N) is 1. The summed E-state index contributed by atoms with van der Waals surface area (Å²) < 4.78 is 11.5. The van der Waals surface area contributed by atoms with Gasteiger partial charge in [0.05, 0.1) is 12.1 Å². The molecule has 0 rings (SSSR count). The molecule has 0 aliphatic carbocycles. The molecule has 0 bridgehead atoms. The molecule has 3 N–H and O–H groups in total. The van der Waals surface area contributed by atoms with Gasteiger partial charge >= 0.3 is 5.97 Å². The predicted octanol–water partition coefficient (Wildman–Crippen LogP) is 1.57. The first kappa shape index (κ1) is 11.7. The van der Waals surface area contributed by atoms with Gasteiger partial charge in [-0.3, -0.25) is 4.79 Å². The Labute approximate surface area is 75.8 Å². The van der Waals surface area contributed by atoms with Crippen LogP contribution in [-0.2, 0) is 4.79 Å². The van der Waals surface area contributed by atoms with Crippen LogP contribution in [0.15, 0.2) is 0 Å². The fourth-order valence-corrected chi connectivity index (χ4v) is 1.34. The minimum atomic E-state index is -1.36. The molecule has 0 saturated carbocycles. The summed E-state index contributed by atoms with van der Waals surface area (Å²) in [4.78, 5) is 10.6. The molecule has 72 valence electrons. The van der Waals surface area contributed by atoms with E-state index in [1.54, 1.807) is 13.8 Å². The van der Waals surface area contributed by atoms with Gasteiger partial charge in [-0.25, -0.2) is 0 Å². The zero-order chi connectivity index (χ0) is 9.99. The van der Waals surface area contributed by atoms with Crippen molar-refractivity contribution in [3.63, 3.8) is 0 Å². The molecule has 0 saturated heterocycles. The van der Waals surface area contributed by atoms with Gasteiger partial charge in [0, 0.05) is 4.75 Å². The van der Waals surface area contributed by atoms with Crippen molar-refractivity contribution in [1.82, 2.24) is 0 Å². The second kappa shape index (κ2) is 3.62. The van der Waals surface area contributed by atoms with Crippen molar-refractivity contribution >= 4 is 18.1 Å². The third kappa shape index (κ3) is 3.40. The summed E-state index contributed by atoms with van der Waals surface area (Å²) in [6, 6.07) is 0. The van der Waals surface area contributed by atoms with Gasteiger partial charge in [0.25, 0.3) is 0 Å². The molecule has 0 spiro atoms. The fraction of sp³-hybridized carbons (Fsp3) is 0.857. The molecular formula is C7H14FNO2S. The number of carbonyl (C=O) groups is 1. The van der Waals surface area contributed by atoms with Crippen molar-refractivity contribution in [2.24, 2.45) is 5.73 Å². The van der Waals surface area contributed by atoms with E-state index in [-0.39, 0.29) is 18.6 Å². The Bertz CT molecular complexity index is 182. The first-order valence-corrected chi connectivity index (χ1v) is 4.25. The molecule has 0 fully saturated rings. The highest BCUT2D eigenvalue weighted by molar-refractivity contribution is 7.95. The third-order valence-electron chi connectivity index (χ3n) is 1.49. The van der Waals surface area contributed by atoms with Crippen LogP contribution in [0.1, 0.15) is 27.2 Å². The van der Waals surface area contributed by atoms with Crippen LogP contribution < -0.4 is 5.73 Å². The summed E-state index contributed by atoms with van der Waals surface area (Å²) in [7, 11) is 0. The average molecular weight is 195 g/mol. The zero-order valence-corrected chi connectivity index (χ0v) is 8.24. The van der Waals surface area contributed by atoms with Crippen molar-refractivity contribution in [2.75, 3.05) is 0 Å². The van der Waals surface area contributed by atoms with Gasteiger partial charge in [-0.15, -0.1) is 0 Å². The van der Waals surface area contributed by atoms with Crippen LogP contribution in [0.3, 0.4) is 0 Å². The highest BCUT2D eigenvalue weighted by Crippen LogP contribution is 2.32. The van der Waals surface area contributed by atoms with E-state index < -0.39 is 16.3 Å². The van der Waals surface area contributed by atoms with Crippen molar-refractivity contribution in [3.05, 3.63) is 0 Å². The maximum Gasteiger partial charge on any atom is 0.323 e. The minimum Gasteiger partial charge on any atom is -0.480 e. The number of hydrogen-bond acceptors (Lipinski definition) is 3. The van der Waals surface area contributed by atoms with Crippen LogP contribution in [0.4, 0.5) is 3.89 Å². The Morgan fingerprint density at radius 1 is 1.58 bits per heavy atom. The molecule has 12 heavy (non-hydrogen) atoms. The molecule has 0 unspecified atom stereocenters. The van der Waals surface area contributed by atoms with Gasteiger partial charge in [-0.1, -0.05) is 0 Å². The summed E-state index contributed by atoms with van der Waals surface area (Å²) >= 11 is 0.128. The number of carboxylic acid groups (broad SMARTS) is 1. The second-order valence-electron chi connectivity index (χ2n) is 3.74. The molecule has 0 amide bonds. The van der Waals surface area contributed by atoms with Crippen LogP contribution in [0.25, 0.3) is 0 Å². The zero-order valence-electron chi connectivity index (χ0n) is 7.43. The lowest BCUT2D eigenvalue weighted by Gasteiger charge is -2.28. The van der Waals surface area contributed by atoms with E-state index in [4.69, 9.17) is 10.8 Å². The van der Waals surface area contributed by atoms with E-state index in [9.17, 15) is 8.68 Å². The van der Waals surface area contributed by atoms with Crippen LogP contribution in [-0.4, -0.2) is 21.4 Å². The molecular weight excluding hydrogens is 181 g/mol. The fourth-order valence-electron chi connectivity index (χ4n) is 0.987. The van der Waals surface area contributed by atoms with E-state index >= 15 is 0 Å². The molecule has 0 heterocycles. The Kier molecular flexibility index (Phi) is 3.53. The van der Waals surface area contributed by atoms with Crippen molar-refractivity contribution in [3.8, 4) is 0 Å². The molecule has 0 aromatic carbocycles. The van der Waals surface area contributed by atoms with Crippen molar-refractivity contribution < 1.29 is 13.8 Å². The van der Waals surface area contributed by atoms with Crippen molar-refractivity contribution in [2.45, 2.75) is 37.5 Å². The lowest BCUT2D eigenvalue weighted by Crippen LogP contribution is -2.48. The monoisotopic (exact) mass is 195 g/mol. The van der Waals surface area contributed by atoms with Gasteiger partial charge in [-0.2, -0.15) is 3.89 Å². The number of hydrogen-bond donors (Lipinski definition) is 2. The summed E-state index contributed by atoms with van der Waals surface area (Å²) in [5, 5.41) is 8.64. The lowest BCUT2D eigenvalue weighted by molar-refractivity contribution is -0.143. The topological polar surface area (TPSA) is 63.3 Å². The lowest BCUT2D eigenvalue weighted by atomic mass is 9.91. The van der Waals surface area contributed by atoms with Crippen LogP contribution in [0.5, 0.6) is 0 Å². The standard InChI is InChI=1S/C7H14FNO2S/c1-6(2,12-8)4-7(3,9)5(10)11/h4,9H2,1-3H3,(H,10,11)/t7-/m0/s1. The smallest absolute Gasteiger partial charge is 0.323 e. The highest BCUT2D eigenvalue weighted by Gasteiger charge is 2.36. The highest BCUT2D eigenvalue weighted by atomic mass is 32.2. The van der Waals surface area contributed by atoms with Crippen LogP contribution in [0.2, 0.25) is 0 Å². The van der Waals surface area contributed by atoms with E-state index in [2.05, 4.69) is 0 Å². The SMILES string of the molecule is CC(C)(C[C@](C)(N)C(=O)O)SF. The second-order valence-corrected chi connectivity index (χ2v) is 5.00. The van der Waals surface area contributed by atoms with E-state index in [1.165, 1.54) is 6.92 Å². The van der Waals surface area contributed by atoms with Gasteiger partial charge in [0.2, 0.25) is 0 Å².